The van der Waals surface area contributed by atoms with E-state index in [-0.39, 0.29) is 17.5 Å². The summed E-state index contributed by atoms with van der Waals surface area (Å²) < 4.78 is 12.8. The average Bonchev–Trinajstić information content (AvgIpc) is 2.18. The molecule has 0 fully saturated rings. The standard InChI is InChI=1S/C8H12FN3/c1-2-5-3-7(10)6(9)4-12-8(5)11/h4-5,11H,2-3,10H2,1H3. The van der Waals surface area contributed by atoms with E-state index in [1.165, 1.54) is 0 Å². The van der Waals surface area contributed by atoms with E-state index in [4.69, 9.17) is 11.1 Å². The maximum atomic E-state index is 12.8. The highest BCUT2D eigenvalue weighted by molar-refractivity contribution is 5.94. The number of aliphatic imine (C=N–C) groups is 1. The molecule has 4 heteroatoms. The molecule has 0 saturated heterocycles. The molecule has 1 aliphatic heterocycles. The Balaban J connectivity index is 2.87. The zero-order chi connectivity index (χ0) is 9.14. The van der Waals surface area contributed by atoms with Crippen molar-refractivity contribution in [2.45, 2.75) is 19.8 Å². The molecule has 0 bridgehead atoms. The van der Waals surface area contributed by atoms with Crippen molar-refractivity contribution in [3.05, 3.63) is 11.5 Å². The normalized spacial score (nSPS) is 24.5. The highest BCUT2D eigenvalue weighted by Gasteiger charge is 2.17. The van der Waals surface area contributed by atoms with E-state index in [1.807, 2.05) is 6.92 Å². The summed E-state index contributed by atoms with van der Waals surface area (Å²) in [5, 5.41) is 7.42. The van der Waals surface area contributed by atoms with Crippen molar-refractivity contribution >= 4 is 12.1 Å². The van der Waals surface area contributed by atoms with Crippen molar-refractivity contribution in [1.29, 1.82) is 5.41 Å². The minimum atomic E-state index is -0.504. The molecule has 3 N–H and O–H groups in total. The Morgan fingerprint density at radius 3 is 3.08 bits per heavy atom. The van der Waals surface area contributed by atoms with Gasteiger partial charge >= 0.3 is 0 Å². The van der Waals surface area contributed by atoms with Crippen molar-refractivity contribution in [1.82, 2.24) is 0 Å². The van der Waals surface area contributed by atoms with Crippen LogP contribution in [-0.2, 0) is 0 Å². The van der Waals surface area contributed by atoms with Crippen LogP contribution in [0.3, 0.4) is 0 Å². The van der Waals surface area contributed by atoms with E-state index in [0.29, 0.717) is 6.42 Å². The number of nitrogens with one attached hydrogen (secondary N) is 1. The summed E-state index contributed by atoms with van der Waals surface area (Å²) in [6.45, 7) is 1.94. The quantitative estimate of drug-likeness (QED) is 0.615. The van der Waals surface area contributed by atoms with Crippen LogP contribution >= 0.6 is 0 Å². The fraction of sp³-hybridized carbons (Fsp3) is 0.500. The molecule has 0 spiro atoms. The third-order valence-electron chi connectivity index (χ3n) is 1.97. The molecule has 1 unspecified atom stereocenters. The SMILES string of the molecule is CCC1CC(N)=C(F)C=NC1=N. The second kappa shape index (κ2) is 3.47. The lowest BCUT2D eigenvalue weighted by Gasteiger charge is -2.10. The number of nitrogens with zero attached hydrogens (tertiary/aromatic N) is 1. The fourth-order valence-corrected chi connectivity index (χ4v) is 1.11. The van der Waals surface area contributed by atoms with Crippen molar-refractivity contribution in [3.8, 4) is 0 Å². The maximum Gasteiger partial charge on any atom is 0.160 e. The van der Waals surface area contributed by atoms with E-state index >= 15 is 0 Å². The van der Waals surface area contributed by atoms with Gasteiger partial charge in [-0.3, -0.25) is 5.41 Å². The predicted molar refractivity (Wildman–Crippen MR) is 46.9 cm³/mol. The highest BCUT2D eigenvalue weighted by atomic mass is 19.1. The van der Waals surface area contributed by atoms with Gasteiger partial charge < -0.3 is 5.73 Å². The zero-order valence-electron chi connectivity index (χ0n) is 6.97. The highest BCUT2D eigenvalue weighted by Crippen LogP contribution is 2.19. The second-order valence-corrected chi connectivity index (χ2v) is 2.83. The number of nitrogens with two attached hydrogens (primary N) is 1. The Morgan fingerprint density at radius 2 is 2.50 bits per heavy atom. The fourth-order valence-electron chi connectivity index (χ4n) is 1.11. The van der Waals surface area contributed by atoms with Crippen LogP contribution in [0.4, 0.5) is 4.39 Å². The number of hydrogen-bond donors (Lipinski definition) is 2. The van der Waals surface area contributed by atoms with Gasteiger partial charge in [-0.15, -0.1) is 0 Å². The Kier molecular flexibility index (Phi) is 2.58. The summed E-state index contributed by atoms with van der Waals surface area (Å²) >= 11 is 0. The smallest absolute Gasteiger partial charge is 0.160 e. The van der Waals surface area contributed by atoms with Gasteiger partial charge in [0.05, 0.1) is 6.21 Å². The van der Waals surface area contributed by atoms with Gasteiger partial charge in [-0.1, -0.05) is 6.92 Å². The van der Waals surface area contributed by atoms with Gasteiger partial charge in [-0.05, 0) is 12.8 Å². The summed E-state index contributed by atoms with van der Waals surface area (Å²) in [7, 11) is 0. The molecular weight excluding hydrogens is 157 g/mol. The number of amidine groups is 1. The Hall–Kier alpha value is -1.19. The molecule has 0 aliphatic carbocycles. The van der Waals surface area contributed by atoms with Gasteiger partial charge in [0, 0.05) is 11.6 Å². The minimum absolute atomic E-state index is 0.0329. The number of allylic oxidation sites excluding steroid dienone is 2. The summed E-state index contributed by atoms with van der Waals surface area (Å²) in [6.07, 6.45) is 2.19. The average molecular weight is 169 g/mol. The molecule has 0 saturated carbocycles. The van der Waals surface area contributed by atoms with Crippen LogP contribution in [-0.4, -0.2) is 12.1 Å². The van der Waals surface area contributed by atoms with E-state index in [1.54, 1.807) is 0 Å². The largest absolute Gasteiger partial charge is 0.400 e. The molecule has 0 aromatic rings. The molecule has 12 heavy (non-hydrogen) atoms. The monoisotopic (exact) mass is 169 g/mol. The Morgan fingerprint density at radius 1 is 1.83 bits per heavy atom. The molecule has 0 aromatic heterocycles. The van der Waals surface area contributed by atoms with Gasteiger partial charge in [-0.25, -0.2) is 9.38 Å². The van der Waals surface area contributed by atoms with Crippen LogP contribution in [0.25, 0.3) is 0 Å². The van der Waals surface area contributed by atoms with E-state index in [9.17, 15) is 4.39 Å². The van der Waals surface area contributed by atoms with Crippen LogP contribution in [0.15, 0.2) is 16.5 Å². The first-order chi connectivity index (χ1) is 5.65. The molecular formula is C8H12FN3. The third kappa shape index (κ3) is 1.69. The van der Waals surface area contributed by atoms with Crippen LogP contribution < -0.4 is 5.73 Å². The van der Waals surface area contributed by atoms with Crippen molar-refractivity contribution in [2.24, 2.45) is 16.6 Å². The zero-order valence-corrected chi connectivity index (χ0v) is 6.97. The molecule has 1 aliphatic rings. The summed E-state index contributed by atoms with van der Waals surface area (Å²) in [6, 6.07) is 0. The molecule has 1 atom stereocenters. The van der Waals surface area contributed by atoms with Crippen molar-refractivity contribution in [3.63, 3.8) is 0 Å². The van der Waals surface area contributed by atoms with E-state index in [0.717, 1.165) is 12.6 Å². The molecule has 1 heterocycles. The lowest BCUT2D eigenvalue weighted by atomic mass is 10.00. The van der Waals surface area contributed by atoms with E-state index in [2.05, 4.69) is 4.99 Å². The first-order valence-electron chi connectivity index (χ1n) is 3.91. The molecule has 66 valence electrons. The summed E-state index contributed by atoms with van der Waals surface area (Å²) in [4.78, 5) is 3.65. The molecule has 1 rings (SSSR count). The lowest BCUT2D eigenvalue weighted by Crippen LogP contribution is -2.12. The van der Waals surface area contributed by atoms with Crippen LogP contribution in [0.2, 0.25) is 0 Å². The number of halogens is 1. The van der Waals surface area contributed by atoms with Crippen molar-refractivity contribution in [2.75, 3.05) is 0 Å². The van der Waals surface area contributed by atoms with Crippen LogP contribution in [0.1, 0.15) is 19.8 Å². The second-order valence-electron chi connectivity index (χ2n) is 2.83. The summed E-state index contributed by atoms with van der Waals surface area (Å²) in [5.41, 5.74) is 5.62. The predicted octanol–water partition coefficient (Wildman–Crippen LogP) is 1.60. The first kappa shape index (κ1) is 8.90. The molecule has 3 nitrogen and oxygen atoms in total. The summed E-state index contributed by atoms with van der Waals surface area (Å²) in [5.74, 6) is -0.321. The molecule has 0 amide bonds. The lowest BCUT2D eigenvalue weighted by molar-refractivity contribution is 0.615. The Bertz CT molecular complexity index is 255. The van der Waals surface area contributed by atoms with Crippen LogP contribution in [0, 0.1) is 11.3 Å². The van der Waals surface area contributed by atoms with Gasteiger partial charge in [0.1, 0.15) is 5.84 Å². The molecule has 0 radical (unpaired) electrons. The minimum Gasteiger partial charge on any atom is -0.400 e. The van der Waals surface area contributed by atoms with Gasteiger partial charge in [0.15, 0.2) is 5.83 Å². The first-order valence-corrected chi connectivity index (χ1v) is 3.91. The van der Waals surface area contributed by atoms with Crippen LogP contribution in [0.5, 0.6) is 0 Å². The topological polar surface area (TPSA) is 62.2 Å². The van der Waals surface area contributed by atoms with Gasteiger partial charge in [-0.2, -0.15) is 0 Å². The molecule has 0 aromatic carbocycles. The third-order valence-corrected chi connectivity index (χ3v) is 1.97. The maximum absolute atomic E-state index is 12.8. The van der Waals surface area contributed by atoms with E-state index < -0.39 is 5.83 Å². The van der Waals surface area contributed by atoms with Gasteiger partial charge in [0.25, 0.3) is 0 Å². The van der Waals surface area contributed by atoms with Gasteiger partial charge in [0.2, 0.25) is 0 Å². The number of hydrogen-bond acceptors (Lipinski definition) is 2. The Labute approximate surface area is 70.7 Å². The number of rotatable bonds is 1. The van der Waals surface area contributed by atoms with Crippen molar-refractivity contribution < 1.29 is 4.39 Å².